The lowest BCUT2D eigenvalue weighted by Gasteiger charge is -2.36. The Kier molecular flexibility index (Phi) is 8.37. The van der Waals surface area contributed by atoms with Crippen LogP contribution in [-0.4, -0.2) is 54.4 Å². The molecule has 2 amide bonds. The summed E-state index contributed by atoms with van der Waals surface area (Å²) < 4.78 is 5.39. The van der Waals surface area contributed by atoms with Crippen LogP contribution in [0.4, 0.5) is 17.1 Å². The number of para-hydroxylation sites is 2. The summed E-state index contributed by atoms with van der Waals surface area (Å²) in [4.78, 5) is 39.7. The number of ether oxygens (including phenoxy) is 1. The SMILES string of the molecule is O=C(COc1ccccc1[N+](=O)[O-])Nc1cc(Cl)ccc1N1CCN(C(=O)/C=C/c2ccccc2)CC1. The number of benzene rings is 3. The Morgan fingerprint density at radius 1 is 1.00 bits per heavy atom. The Morgan fingerprint density at radius 3 is 2.43 bits per heavy atom. The van der Waals surface area contributed by atoms with Crippen molar-refractivity contribution in [3.05, 3.63) is 99.6 Å². The van der Waals surface area contributed by atoms with Crippen molar-refractivity contribution in [1.29, 1.82) is 0 Å². The van der Waals surface area contributed by atoms with Crippen LogP contribution in [0.1, 0.15) is 5.56 Å². The standard InChI is InChI=1S/C27H25ClN4O5/c28-21-11-12-23(22(18-21)29-26(33)19-37-25-9-5-4-8-24(25)32(35)36)30-14-16-31(17-15-30)27(34)13-10-20-6-2-1-3-7-20/h1-13,18H,14-17,19H2,(H,29,33)/b13-10+. The third kappa shape index (κ3) is 6.86. The summed E-state index contributed by atoms with van der Waals surface area (Å²) in [5, 5.41) is 14.4. The van der Waals surface area contributed by atoms with Crippen molar-refractivity contribution in [3.63, 3.8) is 0 Å². The van der Waals surface area contributed by atoms with Crippen molar-refractivity contribution < 1.29 is 19.2 Å². The average Bonchev–Trinajstić information content (AvgIpc) is 2.91. The van der Waals surface area contributed by atoms with Gasteiger partial charge in [0.25, 0.3) is 5.91 Å². The Labute approximate surface area is 219 Å². The molecule has 0 spiro atoms. The Hall–Kier alpha value is -4.37. The normalized spacial score (nSPS) is 13.4. The van der Waals surface area contributed by atoms with E-state index in [1.165, 1.54) is 18.2 Å². The summed E-state index contributed by atoms with van der Waals surface area (Å²) in [6, 6.07) is 20.7. The Bertz CT molecular complexity index is 1310. The second kappa shape index (κ2) is 12.0. The van der Waals surface area contributed by atoms with Crippen molar-refractivity contribution in [1.82, 2.24) is 4.90 Å². The number of nitrogens with one attached hydrogen (secondary N) is 1. The number of amides is 2. The van der Waals surface area contributed by atoms with Crippen molar-refractivity contribution >= 4 is 46.6 Å². The molecule has 9 nitrogen and oxygen atoms in total. The fourth-order valence-electron chi connectivity index (χ4n) is 3.95. The highest BCUT2D eigenvalue weighted by Gasteiger charge is 2.23. The maximum atomic E-state index is 12.6. The van der Waals surface area contributed by atoms with Crippen molar-refractivity contribution in [2.24, 2.45) is 0 Å². The fourth-order valence-corrected chi connectivity index (χ4v) is 4.12. The van der Waals surface area contributed by atoms with Gasteiger partial charge in [-0.25, -0.2) is 0 Å². The first-order valence-electron chi connectivity index (χ1n) is 11.6. The number of halogens is 1. The molecule has 1 N–H and O–H groups in total. The monoisotopic (exact) mass is 520 g/mol. The molecule has 1 saturated heterocycles. The minimum absolute atomic E-state index is 0.0103. The van der Waals surface area contributed by atoms with Gasteiger partial charge >= 0.3 is 5.69 Å². The molecule has 0 saturated carbocycles. The number of carbonyl (C=O) groups excluding carboxylic acids is 2. The van der Waals surface area contributed by atoms with Gasteiger partial charge in [-0.05, 0) is 35.9 Å². The number of rotatable bonds is 8. The number of nitrogens with zero attached hydrogens (tertiary/aromatic N) is 3. The second-order valence-electron chi connectivity index (χ2n) is 8.28. The second-order valence-corrected chi connectivity index (χ2v) is 8.72. The van der Waals surface area contributed by atoms with Crippen LogP contribution < -0.4 is 15.0 Å². The molecule has 190 valence electrons. The third-order valence-corrected chi connectivity index (χ3v) is 6.04. The van der Waals surface area contributed by atoms with Crippen LogP contribution in [0.2, 0.25) is 5.02 Å². The molecule has 1 aliphatic heterocycles. The van der Waals surface area contributed by atoms with E-state index in [9.17, 15) is 19.7 Å². The van der Waals surface area contributed by atoms with Gasteiger partial charge in [-0.1, -0.05) is 54.1 Å². The zero-order valence-corrected chi connectivity index (χ0v) is 20.6. The molecule has 1 heterocycles. The summed E-state index contributed by atoms with van der Waals surface area (Å²) in [7, 11) is 0. The lowest BCUT2D eigenvalue weighted by molar-refractivity contribution is -0.385. The minimum Gasteiger partial charge on any atom is -0.477 e. The Morgan fingerprint density at radius 2 is 1.70 bits per heavy atom. The minimum atomic E-state index is -0.565. The number of anilines is 2. The van der Waals surface area contributed by atoms with Gasteiger partial charge in [-0.3, -0.25) is 19.7 Å². The first kappa shape index (κ1) is 25.7. The molecule has 37 heavy (non-hydrogen) atoms. The largest absolute Gasteiger partial charge is 0.477 e. The molecule has 3 aromatic rings. The molecule has 4 rings (SSSR count). The topological polar surface area (TPSA) is 105 Å². The number of carbonyl (C=O) groups is 2. The van der Waals surface area contributed by atoms with Crippen molar-refractivity contribution in [3.8, 4) is 5.75 Å². The zero-order chi connectivity index (χ0) is 26.2. The summed E-state index contributed by atoms with van der Waals surface area (Å²) in [5.74, 6) is -0.530. The van der Waals surface area contributed by atoms with Gasteiger partial charge in [0.05, 0.1) is 16.3 Å². The summed E-state index contributed by atoms with van der Waals surface area (Å²) in [5.41, 5.74) is 1.99. The van der Waals surface area contributed by atoms with E-state index >= 15 is 0 Å². The van der Waals surface area contributed by atoms with Crippen LogP contribution in [0.5, 0.6) is 5.75 Å². The van der Waals surface area contributed by atoms with Crippen LogP contribution in [0.15, 0.2) is 78.9 Å². The highest BCUT2D eigenvalue weighted by atomic mass is 35.5. The molecule has 0 radical (unpaired) electrons. The molecule has 1 fully saturated rings. The maximum absolute atomic E-state index is 12.6. The van der Waals surface area contributed by atoms with E-state index < -0.39 is 17.4 Å². The van der Waals surface area contributed by atoms with E-state index in [4.69, 9.17) is 16.3 Å². The predicted octanol–water partition coefficient (Wildman–Crippen LogP) is 4.63. The Balaban J connectivity index is 1.36. The predicted molar refractivity (Wildman–Crippen MR) is 143 cm³/mol. The smallest absolute Gasteiger partial charge is 0.310 e. The van der Waals surface area contributed by atoms with E-state index in [2.05, 4.69) is 10.2 Å². The molecular weight excluding hydrogens is 496 g/mol. The lowest BCUT2D eigenvalue weighted by Crippen LogP contribution is -2.48. The molecule has 0 aliphatic carbocycles. The van der Waals surface area contributed by atoms with Gasteiger partial charge in [0.2, 0.25) is 5.91 Å². The van der Waals surface area contributed by atoms with Gasteiger partial charge in [-0.15, -0.1) is 0 Å². The molecule has 0 bridgehead atoms. The molecule has 0 unspecified atom stereocenters. The van der Waals surface area contributed by atoms with Crippen molar-refractivity contribution in [2.45, 2.75) is 0 Å². The number of hydrogen-bond acceptors (Lipinski definition) is 6. The van der Waals surface area contributed by atoms with E-state index in [0.29, 0.717) is 36.9 Å². The van der Waals surface area contributed by atoms with Crippen molar-refractivity contribution in [2.75, 3.05) is 43.0 Å². The van der Waals surface area contributed by atoms with Gasteiger partial charge in [0.1, 0.15) is 0 Å². The molecule has 0 atom stereocenters. The van der Waals surface area contributed by atoms with Gasteiger partial charge in [-0.2, -0.15) is 0 Å². The van der Waals surface area contributed by atoms with E-state index in [-0.39, 0.29) is 17.3 Å². The number of nitro benzene ring substituents is 1. The average molecular weight is 521 g/mol. The molecule has 1 aliphatic rings. The number of hydrogen-bond donors (Lipinski definition) is 1. The first-order chi connectivity index (χ1) is 17.9. The highest BCUT2D eigenvalue weighted by molar-refractivity contribution is 6.31. The zero-order valence-electron chi connectivity index (χ0n) is 19.9. The highest BCUT2D eigenvalue weighted by Crippen LogP contribution is 2.30. The van der Waals surface area contributed by atoms with Gasteiger partial charge in [0.15, 0.2) is 12.4 Å². The lowest BCUT2D eigenvalue weighted by atomic mass is 10.2. The number of nitro groups is 1. The summed E-state index contributed by atoms with van der Waals surface area (Å²) in [6.45, 7) is 1.78. The summed E-state index contributed by atoms with van der Waals surface area (Å²) >= 11 is 6.18. The third-order valence-electron chi connectivity index (χ3n) is 5.80. The quantitative estimate of drug-likeness (QED) is 0.264. The molecular formula is C27H25ClN4O5. The van der Waals surface area contributed by atoms with Crippen LogP contribution in [0, 0.1) is 10.1 Å². The van der Waals surface area contributed by atoms with E-state index in [1.807, 2.05) is 36.4 Å². The van der Waals surface area contributed by atoms with Crippen LogP contribution in [0.25, 0.3) is 6.08 Å². The van der Waals surface area contributed by atoms with E-state index in [1.54, 1.807) is 35.3 Å². The van der Waals surface area contributed by atoms with Gasteiger partial charge in [0, 0.05) is 43.3 Å². The van der Waals surface area contributed by atoms with Gasteiger partial charge < -0.3 is 19.9 Å². The maximum Gasteiger partial charge on any atom is 0.310 e. The molecule has 0 aromatic heterocycles. The summed E-state index contributed by atoms with van der Waals surface area (Å²) in [6.07, 6.45) is 3.38. The van der Waals surface area contributed by atoms with Crippen LogP contribution >= 0.6 is 11.6 Å². The van der Waals surface area contributed by atoms with Crippen LogP contribution in [0.3, 0.4) is 0 Å². The van der Waals surface area contributed by atoms with E-state index in [0.717, 1.165) is 11.3 Å². The molecule has 3 aromatic carbocycles. The fraction of sp³-hybridized carbons (Fsp3) is 0.185. The first-order valence-corrected chi connectivity index (χ1v) is 12.0. The number of piperazine rings is 1. The molecule has 10 heteroatoms. The van der Waals surface area contributed by atoms with Crippen LogP contribution in [-0.2, 0) is 9.59 Å².